The lowest BCUT2D eigenvalue weighted by Gasteiger charge is -2.13. The molecular formula is C11H12BrN3S. The Kier molecular flexibility index (Phi) is 3.56. The lowest BCUT2D eigenvalue weighted by Crippen LogP contribution is -2.06. The second-order valence-corrected chi connectivity index (χ2v) is 5.65. The standard InChI is InChI=1S/C11H12BrN3S/c1-7-5-14-11(16-7)8(2)15-10-3-4-13-6-9(10)12/h3-6,8H,1-2H3,(H,13,15). The number of hydrogen-bond donors (Lipinski definition) is 1. The van der Waals surface area contributed by atoms with E-state index >= 15 is 0 Å². The number of nitrogens with zero attached hydrogens (tertiary/aromatic N) is 2. The summed E-state index contributed by atoms with van der Waals surface area (Å²) in [6, 6.07) is 2.15. The van der Waals surface area contributed by atoms with Gasteiger partial charge in [0.1, 0.15) is 5.01 Å². The zero-order valence-corrected chi connectivity index (χ0v) is 11.5. The van der Waals surface area contributed by atoms with E-state index in [9.17, 15) is 0 Å². The number of aryl methyl sites for hydroxylation is 1. The minimum absolute atomic E-state index is 0.206. The summed E-state index contributed by atoms with van der Waals surface area (Å²) in [7, 11) is 0. The zero-order valence-electron chi connectivity index (χ0n) is 9.07. The Balaban J connectivity index is 2.13. The Hall–Kier alpha value is -0.940. The Bertz CT molecular complexity index is 484. The van der Waals surface area contributed by atoms with Gasteiger partial charge in [-0.3, -0.25) is 4.98 Å². The second-order valence-electron chi connectivity index (χ2n) is 3.53. The zero-order chi connectivity index (χ0) is 11.5. The van der Waals surface area contributed by atoms with E-state index in [-0.39, 0.29) is 6.04 Å². The number of thiazole rings is 1. The average Bonchev–Trinajstić information content (AvgIpc) is 2.68. The fraction of sp³-hybridized carbons (Fsp3) is 0.273. The van der Waals surface area contributed by atoms with E-state index < -0.39 is 0 Å². The molecule has 0 aliphatic rings. The van der Waals surface area contributed by atoms with Crippen molar-refractivity contribution in [2.75, 3.05) is 5.32 Å². The highest BCUT2D eigenvalue weighted by Crippen LogP contribution is 2.27. The Morgan fingerprint density at radius 1 is 1.44 bits per heavy atom. The van der Waals surface area contributed by atoms with Crippen molar-refractivity contribution in [1.29, 1.82) is 0 Å². The van der Waals surface area contributed by atoms with Crippen molar-refractivity contribution in [3.05, 3.63) is 39.0 Å². The van der Waals surface area contributed by atoms with Gasteiger partial charge in [-0.25, -0.2) is 4.98 Å². The molecule has 2 aromatic heterocycles. The van der Waals surface area contributed by atoms with Crippen LogP contribution in [0.25, 0.3) is 0 Å². The molecule has 0 aliphatic heterocycles. The summed E-state index contributed by atoms with van der Waals surface area (Å²) >= 11 is 5.18. The monoisotopic (exact) mass is 297 g/mol. The topological polar surface area (TPSA) is 37.8 Å². The van der Waals surface area contributed by atoms with Crippen LogP contribution in [0.4, 0.5) is 5.69 Å². The average molecular weight is 298 g/mol. The Labute approximate surface area is 107 Å². The smallest absolute Gasteiger partial charge is 0.115 e. The van der Waals surface area contributed by atoms with E-state index in [1.54, 1.807) is 23.7 Å². The molecule has 0 saturated heterocycles. The SMILES string of the molecule is Cc1cnc(C(C)Nc2ccncc2Br)s1. The second kappa shape index (κ2) is 4.93. The Morgan fingerprint density at radius 3 is 2.88 bits per heavy atom. The first-order chi connectivity index (χ1) is 7.66. The molecular weight excluding hydrogens is 286 g/mol. The van der Waals surface area contributed by atoms with Crippen LogP contribution in [0, 0.1) is 6.92 Å². The molecule has 5 heteroatoms. The molecule has 0 bridgehead atoms. The van der Waals surface area contributed by atoms with Crippen LogP contribution in [-0.2, 0) is 0 Å². The van der Waals surface area contributed by atoms with E-state index in [1.807, 2.05) is 12.3 Å². The van der Waals surface area contributed by atoms with Gasteiger partial charge in [-0.15, -0.1) is 11.3 Å². The number of anilines is 1. The van der Waals surface area contributed by atoms with Gasteiger partial charge in [0.25, 0.3) is 0 Å². The molecule has 0 aromatic carbocycles. The van der Waals surface area contributed by atoms with Crippen molar-refractivity contribution in [1.82, 2.24) is 9.97 Å². The van der Waals surface area contributed by atoms with Gasteiger partial charge in [0, 0.05) is 23.5 Å². The molecule has 0 radical (unpaired) electrons. The first-order valence-corrected chi connectivity index (χ1v) is 6.56. The molecule has 0 aliphatic carbocycles. The number of nitrogens with one attached hydrogen (secondary N) is 1. The highest BCUT2D eigenvalue weighted by molar-refractivity contribution is 9.10. The van der Waals surface area contributed by atoms with Crippen LogP contribution < -0.4 is 5.32 Å². The lowest BCUT2D eigenvalue weighted by atomic mass is 10.3. The molecule has 0 spiro atoms. The lowest BCUT2D eigenvalue weighted by molar-refractivity contribution is 0.868. The normalized spacial score (nSPS) is 12.4. The van der Waals surface area contributed by atoms with E-state index in [0.717, 1.165) is 15.2 Å². The van der Waals surface area contributed by atoms with Gasteiger partial charge in [-0.1, -0.05) is 0 Å². The third kappa shape index (κ3) is 2.59. The summed E-state index contributed by atoms with van der Waals surface area (Å²) in [5.74, 6) is 0. The maximum absolute atomic E-state index is 4.37. The van der Waals surface area contributed by atoms with Crippen molar-refractivity contribution >= 4 is 33.0 Å². The van der Waals surface area contributed by atoms with Crippen LogP contribution in [-0.4, -0.2) is 9.97 Å². The van der Waals surface area contributed by atoms with Crippen molar-refractivity contribution in [2.24, 2.45) is 0 Å². The molecule has 3 nitrogen and oxygen atoms in total. The maximum atomic E-state index is 4.37. The van der Waals surface area contributed by atoms with Gasteiger partial charge in [-0.2, -0.15) is 0 Å². The number of halogens is 1. The number of rotatable bonds is 3. The highest BCUT2D eigenvalue weighted by Gasteiger charge is 2.10. The van der Waals surface area contributed by atoms with Crippen molar-refractivity contribution in [3.63, 3.8) is 0 Å². The molecule has 1 atom stereocenters. The van der Waals surface area contributed by atoms with Gasteiger partial charge >= 0.3 is 0 Å². The van der Waals surface area contributed by atoms with Crippen molar-refractivity contribution in [3.8, 4) is 0 Å². The maximum Gasteiger partial charge on any atom is 0.115 e. The predicted octanol–water partition coefficient (Wildman–Crippen LogP) is 3.78. The fourth-order valence-corrected chi connectivity index (χ4v) is 2.50. The molecule has 16 heavy (non-hydrogen) atoms. The third-order valence-electron chi connectivity index (χ3n) is 2.15. The van der Waals surface area contributed by atoms with E-state index in [0.29, 0.717) is 0 Å². The Morgan fingerprint density at radius 2 is 2.25 bits per heavy atom. The van der Waals surface area contributed by atoms with E-state index in [2.05, 4.69) is 45.1 Å². The molecule has 0 amide bonds. The van der Waals surface area contributed by atoms with E-state index in [4.69, 9.17) is 0 Å². The summed E-state index contributed by atoms with van der Waals surface area (Å²) in [6.45, 7) is 4.17. The minimum Gasteiger partial charge on any atom is -0.375 e. The minimum atomic E-state index is 0.206. The molecule has 1 N–H and O–H groups in total. The first-order valence-electron chi connectivity index (χ1n) is 4.95. The number of aromatic nitrogens is 2. The summed E-state index contributed by atoms with van der Waals surface area (Å²) in [5, 5.41) is 4.50. The summed E-state index contributed by atoms with van der Waals surface area (Å²) < 4.78 is 0.968. The van der Waals surface area contributed by atoms with Gasteiger partial charge in [-0.05, 0) is 35.8 Å². The molecule has 2 rings (SSSR count). The van der Waals surface area contributed by atoms with Gasteiger partial charge in [0.2, 0.25) is 0 Å². The van der Waals surface area contributed by atoms with Crippen LogP contribution in [0.1, 0.15) is 22.9 Å². The summed E-state index contributed by atoms with van der Waals surface area (Å²) in [6.07, 6.45) is 5.45. The highest BCUT2D eigenvalue weighted by atomic mass is 79.9. The first kappa shape index (κ1) is 11.5. The largest absolute Gasteiger partial charge is 0.375 e. The van der Waals surface area contributed by atoms with Crippen LogP contribution in [0.3, 0.4) is 0 Å². The van der Waals surface area contributed by atoms with E-state index in [1.165, 1.54) is 4.88 Å². The molecule has 84 valence electrons. The van der Waals surface area contributed by atoms with Crippen molar-refractivity contribution < 1.29 is 0 Å². The van der Waals surface area contributed by atoms with Gasteiger partial charge < -0.3 is 5.32 Å². The molecule has 2 aromatic rings. The number of pyridine rings is 1. The van der Waals surface area contributed by atoms with Gasteiger partial charge in [0.15, 0.2) is 0 Å². The molecule has 1 unspecified atom stereocenters. The predicted molar refractivity (Wildman–Crippen MR) is 70.8 cm³/mol. The molecule has 2 heterocycles. The third-order valence-corrected chi connectivity index (χ3v) is 3.88. The van der Waals surface area contributed by atoms with Crippen LogP contribution in [0.5, 0.6) is 0 Å². The quantitative estimate of drug-likeness (QED) is 0.937. The fourth-order valence-electron chi connectivity index (χ4n) is 1.36. The molecule has 0 fully saturated rings. The van der Waals surface area contributed by atoms with Gasteiger partial charge in [0.05, 0.1) is 16.2 Å². The summed E-state index contributed by atoms with van der Waals surface area (Å²) in [4.78, 5) is 9.63. The summed E-state index contributed by atoms with van der Waals surface area (Å²) in [5.41, 5.74) is 1.04. The number of hydrogen-bond acceptors (Lipinski definition) is 4. The van der Waals surface area contributed by atoms with Crippen LogP contribution in [0.15, 0.2) is 29.1 Å². The van der Waals surface area contributed by atoms with Crippen LogP contribution in [0.2, 0.25) is 0 Å². The van der Waals surface area contributed by atoms with Crippen molar-refractivity contribution in [2.45, 2.75) is 19.9 Å². The van der Waals surface area contributed by atoms with Crippen LogP contribution >= 0.6 is 27.3 Å². The molecule has 0 saturated carbocycles.